The van der Waals surface area contributed by atoms with Gasteiger partial charge >= 0.3 is 0 Å². The maximum Gasteiger partial charge on any atom is 0.0568 e. The van der Waals surface area contributed by atoms with Crippen molar-refractivity contribution < 1.29 is 0 Å². The van der Waals surface area contributed by atoms with E-state index in [1.807, 2.05) is 0 Å². The lowest BCUT2D eigenvalue weighted by Crippen LogP contribution is -2.18. The van der Waals surface area contributed by atoms with Gasteiger partial charge in [0.2, 0.25) is 0 Å². The molecule has 0 bridgehead atoms. The molecule has 254 valence electrons. The van der Waals surface area contributed by atoms with Crippen LogP contribution in [-0.2, 0) is 0 Å². The van der Waals surface area contributed by atoms with Crippen LogP contribution in [0.3, 0.4) is 0 Å². The van der Waals surface area contributed by atoms with Crippen molar-refractivity contribution in [2.75, 3.05) is 11.4 Å². The average molecular weight is 690 g/mol. The molecule has 1 aliphatic rings. The van der Waals surface area contributed by atoms with Gasteiger partial charge < -0.3 is 14.0 Å². The second kappa shape index (κ2) is 12.0. The van der Waals surface area contributed by atoms with Crippen LogP contribution in [0.1, 0.15) is 5.56 Å². The van der Waals surface area contributed by atoms with Crippen molar-refractivity contribution in [2.24, 2.45) is 0 Å². The molecule has 0 amide bonds. The van der Waals surface area contributed by atoms with E-state index in [2.05, 4.69) is 209 Å². The summed E-state index contributed by atoms with van der Waals surface area (Å²) in [6, 6.07) is 60.0. The van der Waals surface area contributed by atoms with E-state index < -0.39 is 0 Å². The fourth-order valence-corrected chi connectivity index (χ4v) is 8.79. The normalized spacial score (nSPS) is 14.5. The van der Waals surface area contributed by atoms with Crippen LogP contribution in [0.4, 0.5) is 11.4 Å². The summed E-state index contributed by atoms with van der Waals surface area (Å²) < 4.78 is 4.93. The number of hydrogen-bond acceptors (Lipinski definition) is 1. The molecule has 3 nitrogen and oxygen atoms in total. The van der Waals surface area contributed by atoms with Crippen molar-refractivity contribution in [3.8, 4) is 22.5 Å². The minimum Gasteiger partial charge on any atom is -0.337 e. The van der Waals surface area contributed by atoms with E-state index in [1.54, 1.807) is 0 Å². The first-order valence-electron chi connectivity index (χ1n) is 18.6. The van der Waals surface area contributed by atoms with Crippen molar-refractivity contribution in [3.05, 3.63) is 200 Å². The summed E-state index contributed by atoms with van der Waals surface area (Å²) in [4.78, 5) is 2.43. The number of nitrogens with zero attached hydrogens (tertiary/aromatic N) is 3. The molecule has 3 heteroatoms. The highest BCUT2D eigenvalue weighted by molar-refractivity contribution is 6.25. The molecule has 3 heterocycles. The molecule has 8 aromatic carbocycles. The molecule has 0 atom stereocenters. The molecule has 0 aliphatic carbocycles. The predicted octanol–water partition coefficient (Wildman–Crippen LogP) is 13.4. The Morgan fingerprint density at radius 3 is 1.81 bits per heavy atom. The second-order valence-corrected chi connectivity index (χ2v) is 14.3. The smallest absolute Gasteiger partial charge is 0.0568 e. The standard InChI is InChI=1S/C51H35N3/c1-34-15-4-3-13-28-52(45-23-10-7-20-42(34)45)40-30-37-26-27-38-31-41(54-46-24-11-8-21-43(46)44-22-9-12-25-47(44)54)33-49-51(38)50(37)48(32-40)53(49)39-19-14-18-36(29-39)35-16-5-2-6-17-35/h2-27,29-33H,1,28H2/b13-3-,15-4-. The van der Waals surface area contributed by atoms with E-state index in [1.165, 1.54) is 65.5 Å². The Morgan fingerprint density at radius 1 is 0.444 bits per heavy atom. The largest absolute Gasteiger partial charge is 0.337 e. The van der Waals surface area contributed by atoms with Gasteiger partial charge in [-0.15, -0.1) is 0 Å². The summed E-state index contributed by atoms with van der Waals surface area (Å²) in [5.74, 6) is 0. The third-order valence-electron chi connectivity index (χ3n) is 11.2. The number of hydrogen-bond donors (Lipinski definition) is 0. The molecule has 2 aromatic heterocycles. The summed E-state index contributed by atoms with van der Waals surface area (Å²) >= 11 is 0. The van der Waals surface area contributed by atoms with Gasteiger partial charge in [0.15, 0.2) is 0 Å². The van der Waals surface area contributed by atoms with Gasteiger partial charge in [-0.25, -0.2) is 0 Å². The molecule has 1 aliphatic heterocycles. The van der Waals surface area contributed by atoms with E-state index in [0.29, 0.717) is 0 Å². The van der Waals surface area contributed by atoms with Crippen LogP contribution in [0.25, 0.3) is 82.5 Å². The van der Waals surface area contributed by atoms with Crippen molar-refractivity contribution in [2.45, 2.75) is 0 Å². The molecule has 0 saturated carbocycles. The van der Waals surface area contributed by atoms with Crippen LogP contribution in [0.2, 0.25) is 0 Å². The SMILES string of the molecule is C=C1/C=C\C=C/CN(c2cc3ccc4cc(-n5c6ccccc6c6ccccc65)cc5c4c3c(c2)n5-c2cccc(-c3ccccc3)c2)c2ccccc21. The number of fused-ring (bicyclic) bond motifs is 4. The van der Waals surface area contributed by atoms with Gasteiger partial charge in [-0.1, -0.05) is 140 Å². The van der Waals surface area contributed by atoms with Gasteiger partial charge in [0.25, 0.3) is 0 Å². The molecular weight excluding hydrogens is 655 g/mol. The number of benzene rings is 8. The quantitative estimate of drug-likeness (QED) is 0.168. The Bertz CT molecular complexity index is 3100. The molecule has 0 saturated heterocycles. The highest BCUT2D eigenvalue weighted by atomic mass is 15.1. The molecule has 0 unspecified atom stereocenters. The summed E-state index contributed by atoms with van der Waals surface area (Å²) in [5.41, 5.74) is 13.9. The van der Waals surface area contributed by atoms with Gasteiger partial charge in [-0.2, -0.15) is 0 Å². The van der Waals surface area contributed by atoms with Crippen LogP contribution >= 0.6 is 0 Å². The molecule has 0 spiro atoms. The zero-order chi connectivity index (χ0) is 35.8. The lowest BCUT2D eigenvalue weighted by Gasteiger charge is -2.27. The Labute approximate surface area is 313 Å². The third kappa shape index (κ3) is 4.62. The van der Waals surface area contributed by atoms with Crippen molar-refractivity contribution >= 4 is 71.3 Å². The second-order valence-electron chi connectivity index (χ2n) is 14.3. The molecule has 54 heavy (non-hydrogen) atoms. The third-order valence-corrected chi connectivity index (χ3v) is 11.2. The highest BCUT2D eigenvalue weighted by Crippen LogP contribution is 2.45. The van der Waals surface area contributed by atoms with Gasteiger partial charge in [0, 0.05) is 56.4 Å². The van der Waals surface area contributed by atoms with Crippen LogP contribution in [0, 0.1) is 0 Å². The first-order valence-corrected chi connectivity index (χ1v) is 18.6. The Morgan fingerprint density at radius 2 is 1.06 bits per heavy atom. The Kier molecular flexibility index (Phi) is 6.77. The zero-order valence-electron chi connectivity index (χ0n) is 29.7. The summed E-state index contributed by atoms with van der Waals surface area (Å²) in [6.45, 7) is 5.17. The fraction of sp³-hybridized carbons (Fsp3) is 0.0196. The number of para-hydroxylation sites is 3. The number of rotatable bonds is 4. The lowest BCUT2D eigenvalue weighted by atomic mass is 10.00. The van der Waals surface area contributed by atoms with E-state index >= 15 is 0 Å². The number of allylic oxidation sites excluding steroid dienone is 4. The van der Waals surface area contributed by atoms with Crippen molar-refractivity contribution in [1.29, 1.82) is 0 Å². The molecule has 10 aromatic rings. The van der Waals surface area contributed by atoms with Crippen molar-refractivity contribution in [1.82, 2.24) is 9.13 Å². The van der Waals surface area contributed by atoms with Crippen LogP contribution in [0.5, 0.6) is 0 Å². The molecule has 0 radical (unpaired) electrons. The molecule has 11 rings (SSSR count). The number of anilines is 2. The average Bonchev–Trinajstić information content (AvgIpc) is 3.76. The topological polar surface area (TPSA) is 13.1 Å². The van der Waals surface area contributed by atoms with Gasteiger partial charge in [-0.05, 0) is 82.1 Å². The molecule has 0 fully saturated rings. The first-order chi connectivity index (χ1) is 26.7. The summed E-state index contributed by atoms with van der Waals surface area (Å²) in [6.07, 6.45) is 8.54. The first kappa shape index (κ1) is 30.5. The van der Waals surface area contributed by atoms with Crippen LogP contribution in [-0.4, -0.2) is 15.7 Å². The zero-order valence-corrected chi connectivity index (χ0v) is 29.7. The van der Waals surface area contributed by atoms with E-state index in [9.17, 15) is 0 Å². The van der Waals surface area contributed by atoms with E-state index in [-0.39, 0.29) is 0 Å². The van der Waals surface area contributed by atoms with Gasteiger partial charge in [-0.3, -0.25) is 0 Å². The molecular formula is C51H35N3. The van der Waals surface area contributed by atoms with Crippen molar-refractivity contribution in [3.63, 3.8) is 0 Å². The van der Waals surface area contributed by atoms with Gasteiger partial charge in [0.05, 0.1) is 22.1 Å². The summed E-state index contributed by atoms with van der Waals surface area (Å²) in [5, 5.41) is 7.54. The highest BCUT2D eigenvalue weighted by Gasteiger charge is 2.23. The van der Waals surface area contributed by atoms with Crippen LogP contribution < -0.4 is 4.90 Å². The maximum absolute atomic E-state index is 4.44. The predicted molar refractivity (Wildman–Crippen MR) is 230 cm³/mol. The minimum absolute atomic E-state index is 0.732. The fourth-order valence-electron chi connectivity index (χ4n) is 8.79. The Hall–Kier alpha value is -7.10. The lowest BCUT2D eigenvalue weighted by molar-refractivity contribution is 1.09. The molecule has 0 N–H and O–H groups in total. The van der Waals surface area contributed by atoms with Crippen LogP contribution in [0.15, 0.2) is 195 Å². The maximum atomic E-state index is 4.44. The monoisotopic (exact) mass is 689 g/mol. The minimum atomic E-state index is 0.732. The number of aromatic nitrogens is 2. The van der Waals surface area contributed by atoms with E-state index in [0.717, 1.165) is 40.4 Å². The summed E-state index contributed by atoms with van der Waals surface area (Å²) in [7, 11) is 0. The van der Waals surface area contributed by atoms with Gasteiger partial charge in [0.1, 0.15) is 0 Å². The Balaban J connectivity index is 1.23. The van der Waals surface area contributed by atoms with E-state index in [4.69, 9.17) is 0 Å².